The molecule has 1 atom stereocenters. The Labute approximate surface area is 98.6 Å². The fourth-order valence-electron chi connectivity index (χ4n) is 1.79. The van der Waals surface area contributed by atoms with Crippen molar-refractivity contribution in [3.05, 3.63) is 18.0 Å². The van der Waals surface area contributed by atoms with E-state index in [-0.39, 0.29) is 0 Å². The molecule has 0 aliphatic rings. The molecule has 0 spiro atoms. The first-order valence-electron chi connectivity index (χ1n) is 6.10. The Kier molecular flexibility index (Phi) is 5.49. The molecule has 0 aromatic carbocycles. The molecule has 0 aliphatic heterocycles. The summed E-state index contributed by atoms with van der Waals surface area (Å²) in [6, 6.07) is 2.56. The number of aryl methyl sites for hydroxylation is 1. The van der Waals surface area contributed by atoms with Gasteiger partial charge in [-0.2, -0.15) is 5.10 Å². The topological polar surface area (TPSA) is 33.1 Å². The van der Waals surface area contributed by atoms with Gasteiger partial charge in [0.15, 0.2) is 0 Å². The second kappa shape index (κ2) is 6.66. The van der Waals surface area contributed by atoms with Gasteiger partial charge in [-0.05, 0) is 26.1 Å². The van der Waals surface area contributed by atoms with Gasteiger partial charge in [0.1, 0.15) is 0 Å². The van der Waals surface area contributed by atoms with Crippen molar-refractivity contribution in [3.63, 3.8) is 0 Å². The summed E-state index contributed by atoms with van der Waals surface area (Å²) >= 11 is 0. The Balaban J connectivity index is 2.30. The van der Waals surface area contributed by atoms with Crippen molar-refractivity contribution in [2.24, 2.45) is 7.05 Å². The summed E-state index contributed by atoms with van der Waals surface area (Å²) in [6.07, 6.45) is 1.84. The Hall–Kier alpha value is -0.870. The van der Waals surface area contributed by atoms with Crippen LogP contribution < -0.4 is 5.32 Å². The predicted octanol–water partition coefficient (Wildman–Crippen LogP) is 1.24. The van der Waals surface area contributed by atoms with Crippen LogP contribution in [0.3, 0.4) is 0 Å². The minimum Gasteiger partial charge on any atom is -0.307 e. The van der Waals surface area contributed by atoms with Gasteiger partial charge >= 0.3 is 0 Å². The third-order valence-electron chi connectivity index (χ3n) is 2.98. The van der Waals surface area contributed by atoms with Crippen molar-refractivity contribution in [1.82, 2.24) is 20.0 Å². The molecule has 4 heteroatoms. The van der Waals surface area contributed by atoms with Crippen molar-refractivity contribution in [2.45, 2.75) is 33.4 Å². The monoisotopic (exact) mass is 224 g/mol. The Bertz CT molecular complexity index is 291. The third-order valence-corrected chi connectivity index (χ3v) is 2.98. The molecular weight excluding hydrogens is 200 g/mol. The maximum atomic E-state index is 4.15. The lowest BCUT2D eigenvalue weighted by molar-refractivity contribution is 0.270. The molecule has 0 amide bonds. The van der Waals surface area contributed by atoms with E-state index in [1.54, 1.807) is 0 Å². The molecule has 0 saturated heterocycles. The van der Waals surface area contributed by atoms with Crippen molar-refractivity contribution < 1.29 is 0 Å². The number of hydrogen-bond acceptors (Lipinski definition) is 3. The van der Waals surface area contributed by atoms with Gasteiger partial charge in [-0.15, -0.1) is 0 Å². The lowest BCUT2D eigenvalue weighted by Crippen LogP contribution is -2.39. The van der Waals surface area contributed by atoms with Crippen LogP contribution in [0.2, 0.25) is 0 Å². The van der Waals surface area contributed by atoms with E-state index in [4.69, 9.17) is 0 Å². The molecule has 1 aromatic rings. The highest BCUT2D eigenvalue weighted by Gasteiger charge is 2.07. The van der Waals surface area contributed by atoms with Crippen LogP contribution in [-0.2, 0) is 13.6 Å². The van der Waals surface area contributed by atoms with Crippen LogP contribution >= 0.6 is 0 Å². The Morgan fingerprint density at radius 2 is 2.12 bits per heavy atom. The quantitative estimate of drug-likeness (QED) is 0.756. The summed E-state index contributed by atoms with van der Waals surface area (Å²) in [4.78, 5) is 2.43. The summed E-state index contributed by atoms with van der Waals surface area (Å²) in [5.41, 5.74) is 1.23. The van der Waals surface area contributed by atoms with Gasteiger partial charge in [0.2, 0.25) is 0 Å². The largest absolute Gasteiger partial charge is 0.307 e. The Morgan fingerprint density at radius 1 is 1.44 bits per heavy atom. The van der Waals surface area contributed by atoms with E-state index >= 15 is 0 Å². The number of likely N-dealkylation sites (N-methyl/N-ethyl adjacent to an activating group) is 1. The average Bonchev–Trinajstić information content (AvgIpc) is 2.69. The molecule has 16 heavy (non-hydrogen) atoms. The fourth-order valence-corrected chi connectivity index (χ4v) is 1.79. The first kappa shape index (κ1) is 13.2. The lowest BCUT2D eigenvalue weighted by atomic mass is 10.3. The molecule has 0 fully saturated rings. The van der Waals surface area contributed by atoms with Crippen LogP contribution in [0.5, 0.6) is 0 Å². The lowest BCUT2D eigenvalue weighted by Gasteiger charge is -2.23. The third kappa shape index (κ3) is 3.94. The number of hydrogen-bond donors (Lipinski definition) is 1. The average molecular weight is 224 g/mol. The van der Waals surface area contributed by atoms with Gasteiger partial charge in [-0.25, -0.2) is 0 Å². The zero-order valence-corrected chi connectivity index (χ0v) is 10.9. The molecule has 4 nitrogen and oxygen atoms in total. The summed E-state index contributed by atoms with van der Waals surface area (Å²) in [7, 11) is 1.98. The maximum absolute atomic E-state index is 4.15. The number of nitrogens with one attached hydrogen (secondary N) is 1. The van der Waals surface area contributed by atoms with Gasteiger partial charge in [-0.3, -0.25) is 4.68 Å². The van der Waals surface area contributed by atoms with Crippen LogP contribution in [0, 0.1) is 0 Å². The van der Waals surface area contributed by atoms with Crippen molar-refractivity contribution in [3.8, 4) is 0 Å². The highest BCUT2D eigenvalue weighted by atomic mass is 15.3. The molecule has 0 bridgehead atoms. The molecule has 0 saturated carbocycles. The van der Waals surface area contributed by atoms with Crippen molar-refractivity contribution >= 4 is 0 Å². The molecule has 92 valence electrons. The minimum atomic E-state index is 0.509. The maximum Gasteiger partial charge on any atom is 0.0518 e. The summed E-state index contributed by atoms with van der Waals surface area (Å²) in [5.74, 6) is 0. The van der Waals surface area contributed by atoms with Gasteiger partial charge in [0, 0.05) is 32.4 Å². The van der Waals surface area contributed by atoms with Gasteiger partial charge in [0.05, 0.1) is 5.69 Å². The molecule has 1 N–H and O–H groups in total. The summed E-state index contributed by atoms with van der Waals surface area (Å²) in [6.45, 7) is 10.9. The molecule has 0 aliphatic carbocycles. The highest BCUT2D eigenvalue weighted by molar-refractivity contribution is 4.99. The first-order valence-corrected chi connectivity index (χ1v) is 6.10. The zero-order valence-electron chi connectivity index (χ0n) is 10.9. The van der Waals surface area contributed by atoms with Crippen molar-refractivity contribution in [1.29, 1.82) is 0 Å². The molecule has 0 radical (unpaired) electrons. The normalized spacial score (nSPS) is 13.3. The minimum absolute atomic E-state index is 0.509. The highest BCUT2D eigenvalue weighted by Crippen LogP contribution is 1.97. The van der Waals surface area contributed by atoms with E-state index in [1.165, 1.54) is 5.69 Å². The Morgan fingerprint density at radius 3 is 2.62 bits per heavy atom. The standard InChI is InChI=1S/C12H24N4/c1-5-16(6-2)10-11(3)13-9-12-7-8-14-15(12)4/h7-8,11,13H,5-6,9-10H2,1-4H3. The molecule has 1 aromatic heterocycles. The smallest absolute Gasteiger partial charge is 0.0518 e. The summed E-state index contributed by atoms with van der Waals surface area (Å²) in [5, 5.41) is 7.68. The van der Waals surface area contributed by atoms with E-state index in [1.807, 2.05) is 17.9 Å². The zero-order chi connectivity index (χ0) is 12.0. The predicted molar refractivity (Wildman–Crippen MR) is 67.3 cm³/mol. The molecular formula is C12H24N4. The van der Waals surface area contributed by atoms with E-state index in [9.17, 15) is 0 Å². The first-order chi connectivity index (χ1) is 7.67. The molecule has 1 unspecified atom stereocenters. The van der Waals surface area contributed by atoms with Crippen LogP contribution in [0.25, 0.3) is 0 Å². The van der Waals surface area contributed by atoms with Crippen molar-refractivity contribution in [2.75, 3.05) is 19.6 Å². The van der Waals surface area contributed by atoms with Crippen LogP contribution in [-0.4, -0.2) is 40.4 Å². The van der Waals surface area contributed by atoms with Gasteiger partial charge < -0.3 is 10.2 Å². The van der Waals surface area contributed by atoms with Gasteiger partial charge in [-0.1, -0.05) is 13.8 Å². The van der Waals surface area contributed by atoms with E-state index < -0.39 is 0 Å². The van der Waals surface area contributed by atoms with Crippen LogP contribution in [0.1, 0.15) is 26.5 Å². The fraction of sp³-hybridized carbons (Fsp3) is 0.750. The van der Waals surface area contributed by atoms with E-state index in [0.29, 0.717) is 6.04 Å². The number of nitrogens with zero attached hydrogens (tertiary/aromatic N) is 3. The van der Waals surface area contributed by atoms with E-state index in [2.05, 4.69) is 42.2 Å². The second-order valence-corrected chi connectivity index (χ2v) is 4.21. The van der Waals surface area contributed by atoms with E-state index in [0.717, 1.165) is 26.2 Å². The summed E-state index contributed by atoms with van der Waals surface area (Å²) < 4.78 is 1.91. The SMILES string of the molecule is CCN(CC)CC(C)NCc1ccnn1C. The molecule has 1 heterocycles. The number of aromatic nitrogens is 2. The van der Waals surface area contributed by atoms with Gasteiger partial charge in [0.25, 0.3) is 0 Å². The van der Waals surface area contributed by atoms with Crippen LogP contribution in [0.15, 0.2) is 12.3 Å². The molecule has 1 rings (SSSR count). The van der Waals surface area contributed by atoms with Crippen LogP contribution in [0.4, 0.5) is 0 Å². The number of rotatable bonds is 7. The second-order valence-electron chi connectivity index (χ2n) is 4.21.